The van der Waals surface area contributed by atoms with Gasteiger partial charge in [-0.15, -0.1) is 0 Å². The minimum Gasteiger partial charge on any atom is -0.508 e. The molecule has 2 N–H and O–H groups in total. The highest BCUT2D eigenvalue weighted by Gasteiger charge is 2.20. The number of benzene rings is 2. The van der Waals surface area contributed by atoms with Crippen LogP contribution in [0.2, 0.25) is 0 Å². The average Bonchev–Trinajstić information content (AvgIpc) is 2.68. The lowest BCUT2D eigenvalue weighted by atomic mass is 9.91. The number of anilines is 1. The fraction of sp³-hybridized carbons (Fsp3) is 0.217. The molecule has 0 saturated heterocycles. The predicted molar refractivity (Wildman–Crippen MR) is 113 cm³/mol. The van der Waals surface area contributed by atoms with Crippen molar-refractivity contribution in [3.05, 3.63) is 84.3 Å². The molecule has 3 rings (SSSR count). The molecule has 0 aliphatic carbocycles. The molecule has 4 heteroatoms. The Kier molecular flexibility index (Phi) is 5.79. The van der Waals surface area contributed by atoms with Crippen LogP contribution in [0, 0.1) is 0 Å². The van der Waals surface area contributed by atoms with E-state index in [0.717, 1.165) is 35.5 Å². The fourth-order valence-corrected chi connectivity index (χ4v) is 3.22. The van der Waals surface area contributed by atoms with E-state index in [2.05, 4.69) is 60.9 Å². The highest BCUT2D eigenvalue weighted by Crippen LogP contribution is 2.39. The molecule has 0 atom stereocenters. The maximum atomic E-state index is 9.78. The number of rotatable bonds is 7. The van der Waals surface area contributed by atoms with Crippen molar-refractivity contribution in [1.82, 2.24) is 5.32 Å². The topological polar surface area (TPSA) is 44.7 Å². The van der Waals surface area contributed by atoms with Crippen molar-refractivity contribution >= 4 is 11.3 Å². The molecule has 1 aliphatic rings. The maximum Gasteiger partial charge on any atom is 0.117 e. The Balaban J connectivity index is 1.80. The lowest BCUT2D eigenvalue weighted by molar-refractivity contribution is 0.199. The molecule has 0 spiro atoms. The molecule has 0 radical (unpaired) electrons. The van der Waals surface area contributed by atoms with E-state index in [1.807, 2.05) is 18.1 Å². The highest BCUT2D eigenvalue weighted by atomic mass is 16.5. The molecule has 2 aromatic rings. The van der Waals surface area contributed by atoms with Crippen LogP contribution in [0.4, 0.5) is 5.69 Å². The molecule has 27 heavy (non-hydrogen) atoms. The van der Waals surface area contributed by atoms with Crippen molar-refractivity contribution in [3.8, 4) is 11.1 Å². The normalized spacial score (nSPS) is 13.3. The van der Waals surface area contributed by atoms with Gasteiger partial charge in [0.1, 0.15) is 5.76 Å². The molecule has 140 valence electrons. The Hall–Kier alpha value is -2.82. The second-order valence-electron chi connectivity index (χ2n) is 6.68. The Morgan fingerprint density at radius 3 is 2.52 bits per heavy atom. The Bertz CT molecular complexity index is 882. The van der Waals surface area contributed by atoms with Gasteiger partial charge in [0, 0.05) is 50.3 Å². The molecular weight excluding hydrogens is 336 g/mol. The number of aliphatic hydroxyl groups excluding tert-OH is 1. The summed E-state index contributed by atoms with van der Waals surface area (Å²) in [6, 6.07) is 14.9. The summed E-state index contributed by atoms with van der Waals surface area (Å²) in [5, 5.41) is 13.1. The van der Waals surface area contributed by atoms with Crippen molar-refractivity contribution in [2.75, 3.05) is 32.2 Å². The summed E-state index contributed by atoms with van der Waals surface area (Å²) >= 11 is 0. The summed E-state index contributed by atoms with van der Waals surface area (Å²) < 4.78 is 5.04. The second-order valence-corrected chi connectivity index (χ2v) is 6.68. The van der Waals surface area contributed by atoms with E-state index in [1.54, 1.807) is 7.11 Å². The van der Waals surface area contributed by atoms with E-state index >= 15 is 0 Å². The quantitative estimate of drug-likeness (QED) is 0.562. The van der Waals surface area contributed by atoms with Gasteiger partial charge in [-0.25, -0.2) is 0 Å². The molecule has 1 heterocycles. The first-order valence-electron chi connectivity index (χ1n) is 8.97. The third-order valence-corrected chi connectivity index (χ3v) is 4.76. The van der Waals surface area contributed by atoms with Crippen molar-refractivity contribution in [2.24, 2.45) is 0 Å². The zero-order valence-electron chi connectivity index (χ0n) is 16.0. The van der Waals surface area contributed by atoms with Crippen LogP contribution in [0.3, 0.4) is 0 Å². The molecule has 4 nitrogen and oxygen atoms in total. The third-order valence-electron chi connectivity index (χ3n) is 4.76. The smallest absolute Gasteiger partial charge is 0.117 e. The number of aliphatic hydroxyl groups is 1. The van der Waals surface area contributed by atoms with Gasteiger partial charge in [-0.05, 0) is 28.3 Å². The summed E-state index contributed by atoms with van der Waals surface area (Å²) in [5.74, 6) is 0.0382. The van der Waals surface area contributed by atoms with Crippen LogP contribution in [-0.4, -0.2) is 32.4 Å². The SMILES string of the molecule is C=C(O)C1=CN(C)c2cc(-c3ccc(CNCCOC)cc3)ccc2C1=C. The largest absolute Gasteiger partial charge is 0.508 e. The van der Waals surface area contributed by atoms with Gasteiger partial charge in [0.25, 0.3) is 0 Å². The van der Waals surface area contributed by atoms with Gasteiger partial charge in [0.15, 0.2) is 0 Å². The number of methoxy groups -OCH3 is 1. The van der Waals surface area contributed by atoms with E-state index in [4.69, 9.17) is 4.74 Å². The first kappa shape index (κ1) is 19.0. The molecule has 0 amide bonds. The molecule has 0 saturated carbocycles. The van der Waals surface area contributed by atoms with Crippen LogP contribution in [-0.2, 0) is 11.3 Å². The monoisotopic (exact) mass is 362 g/mol. The van der Waals surface area contributed by atoms with Gasteiger partial charge in [0.05, 0.1) is 6.61 Å². The highest BCUT2D eigenvalue weighted by molar-refractivity contribution is 5.92. The number of hydrogen-bond acceptors (Lipinski definition) is 4. The van der Waals surface area contributed by atoms with Crippen molar-refractivity contribution < 1.29 is 9.84 Å². The minimum absolute atomic E-state index is 0.0382. The van der Waals surface area contributed by atoms with Gasteiger partial charge >= 0.3 is 0 Å². The summed E-state index contributed by atoms with van der Waals surface area (Å²) in [6.45, 7) is 10.1. The van der Waals surface area contributed by atoms with Crippen molar-refractivity contribution in [3.63, 3.8) is 0 Å². The zero-order chi connectivity index (χ0) is 19.4. The lowest BCUT2D eigenvalue weighted by Crippen LogP contribution is -2.18. The van der Waals surface area contributed by atoms with Crippen LogP contribution in [0.5, 0.6) is 0 Å². The van der Waals surface area contributed by atoms with Gasteiger partial charge in [0.2, 0.25) is 0 Å². The number of ether oxygens (including phenoxy) is 1. The number of allylic oxidation sites excluding steroid dienone is 1. The Morgan fingerprint density at radius 2 is 1.85 bits per heavy atom. The van der Waals surface area contributed by atoms with E-state index in [1.165, 1.54) is 11.1 Å². The molecule has 0 fully saturated rings. The van der Waals surface area contributed by atoms with Crippen molar-refractivity contribution in [1.29, 1.82) is 0 Å². The van der Waals surface area contributed by atoms with Crippen LogP contribution in [0.15, 0.2) is 73.2 Å². The molecule has 0 unspecified atom stereocenters. The molecule has 1 aliphatic heterocycles. The van der Waals surface area contributed by atoms with Gasteiger partial charge < -0.3 is 20.1 Å². The van der Waals surface area contributed by atoms with Crippen LogP contribution in [0.25, 0.3) is 16.7 Å². The Morgan fingerprint density at radius 1 is 1.15 bits per heavy atom. The van der Waals surface area contributed by atoms with Gasteiger partial charge in [-0.2, -0.15) is 0 Å². The van der Waals surface area contributed by atoms with Gasteiger partial charge in [-0.3, -0.25) is 0 Å². The summed E-state index contributed by atoms with van der Waals surface area (Å²) in [6.07, 6.45) is 1.87. The van der Waals surface area contributed by atoms with Crippen LogP contribution >= 0.6 is 0 Å². The van der Waals surface area contributed by atoms with Crippen LogP contribution in [0.1, 0.15) is 11.1 Å². The number of nitrogens with one attached hydrogen (secondary N) is 1. The van der Waals surface area contributed by atoms with E-state index in [0.29, 0.717) is 12.2 Å². The summed E-state index contributed by atoms with van der Waals surface area (Å²) in [5.41, 5.74) is 7.08. The van der Waals surface area contributed by atoms with E-state index < -0.39 is 0 Å². The fourth-order valence-electron chi connectivity index (χ4n) is 3.22. The molecule has 0 aromatic heterocycles. The zero-order valence-corrected chi connectivity index (χ0v) is 16.0. The third kappa shape index (κ3) is 4.13. The van der Waals surface area contributed by atoms with E-state index in [-0.39, 0.29) is 5.76 Å². The molecule has 0 bridgehead atoms. The lowest BCUT2D eigenvalue weighted by Gasteiger charge is -2.28. The standard InChI is InChI=1S/C23H26N2O2/c1-16-21-10-9-20(13-23(21)25(3)15-22(16)17(2)26)19-7-5-18(6-8-19)14-24-11-12-27-4/h5-10,13,15,24,26H,1-2,11-12,14H2,3-4H3. The number of fused-ring (bicyclic) bond motifs is 1. The molecular formula is C23H26N2O2. The van der Waals surface area contributed by atoms with Gasteiger partial charge in [-0.1, -0.05) is 49.6 Å². The first-order valence-corrected chi connectivity index (χ1v) is 8.97. The molecule has 2 aromatic carbocycles. The van der Waals surface area contributed by atoms with Crippen molar-refractivity contribution in [2.45, 2.75) is 6.54 Å². The second kappa shape index (κ2) is 8.25. The predicted octanol–water partition coefficient (Wildman–Crippen LogP) is 4.51. The first-order chi connectivity index (χ1) is 13.0. The summed E-state index contributed by atoms with van der Waals surface area (Å²) in [7, 11) is 3.67. The minimum atomic E-state index is 0.0382. The van der Waals surface area contributed by atoms with E-state index in [9.17, 15) is 5.11 Å². The van der Waals surface area contributed by atoms with Crippen LogP contribution < -0.4 is 10.2 Å². The average molecular weight is 362 g/mol. The maximum absolute atomic E-state index is 9.78. The summed E-state index contributed by atoms with van der Waals surface area (Å²) in [4.78, 5) is 2.00. The number of hydrogen-bond donors (Lipinski definition) is 2. The number of nitrogens with zero attached hydrogens (tertiary/aromatic N) is 1. The Labute approximate surface area is 161 Å².